The molecule has 0 amide bonds. The number of carbonyl (C=O) groups is 1. The molecule has 0 spiro atoms. The summed E-state index contributed by atoms with van der Waals surface area (Å²) in [4.78, 5) is 12.1. The van der Waals surface area contributed by atoms with Crippen molar-refractivity contribution in [2.75, 3.05) is 13.9 Å². The molecule has 0 aliphatic heterocycles. The van der Waals surface area contributed by atoms with E-state index in [0.717, 1.165) is 44.3 Å². The summed E-state index contributed by atoms with van der Waals surface area (Å²) >= 11 is 0. The minimum absolute atomic E-state index is 0.0126. The van der Waals surface area contributed by atoms with Gasteiger partial charge in [0, 0.05) is 19.4 Å². The minimum atomic E-state index is -0.0413. The number of ether oxygens (including phenoxy) is 3. The standard InChI is InChI=1S/C20H30O4/c1-3-4-5-10-20(21)24-19-9-7-6-8-18(19)16-11-13-17(14-12-16)23-15-22-2/h11-14,18-19H,3-10,15H2,1-2H3. The molecule has 1 aliphatic carbocycles. The van der Waals surface area contributed by atoms with Gasteiger partial charge < -0.3 is 14.2 Å². The van der Waals surface area contributed by atoms with Crippen molar-refractivity contribution >= 4 is 5.97 Å². The highest BCUT2D eigenvalue weighted by Gasteiger charge is 2.29. The molecule has 2 unspecified atom stereocenters. The van der Waals surface area contributed by atoms with Gasteiger partial charge in [-0.1, -0.05) is 38.3 Å². The van der Waals surface area contributed by atoms with Crippen LogP contribution in [0.2, 0.25) is 0 Å². The van der Waals surface area contributed by atoms with E-state index >= 15 is 0 Å². The summed E-state index contributed by atoms with van der Waals surface area (Å²) in [5.74, 6) is 1.05. The second kappa shape index (κ2) is 10.3. The van der Waals surface area contributed by atoms with E-state index in [-0.39, 0.29) is 18.9 Å². The van der Waals surface area contributed by atoms with Crippen LogP contribution in [-0.2, 0) is 14.3 Å². The molecule has 1 aliphatic rings. The Kier molecular flexibility index (Phi) is 8.10. The van der Waals surface area contributed by atoms with Gasteiger partial charge in [-0.3, -0.25) is 4.79 Å². The van der Waals surface area contributed by atoms with Crippen molar-refractivity contribution in [3.63, 3.8) is 0 Å². The zero-order valence-corrected chi connectivity index (χ0v) is 15.0. The van der Waals surface area contributed by atoms with E-state index < -0.39 is 0 Å². The molecule has 4 heteroatoms. The Bertz CT molecular complexity index is 483. The molecule has 1 saturated carbocycles. The van der Waals surface area contributed by atoms with E-state index in [9.17, 15) is 4.79 Å². The van der Waals surface area contributed by atoms with Crippen molar-refractivity contribution in [3.05, 3.63) is 29.8 Å². The topological polar surface area (TPSA) is 44.8 Å². The summed E-state index contributed by atoms with van der Waals surface area (Å²) in [6.07, 6.45) is 8.06. The third kappa shape index (κ3) is 5.82. The maximum Gasteiger partial charge on any atom is 0.306 e. The number of benzene rings is 1. The van der Waals surface area contributed by atoms with E-state index in [4.69, 9.17) is 14.2 Å². The maximum absolute atomic E-state index is 12.1. The predicted octanol–water partition coefficient (Wildman–Crippen LogP) is 4.82. The van der Waals surface area contributed by atoms with Crippen molar-refractivity contribution in [2.24, 2.45) is 0 Å². The van der Waals surface area contributed by atoms with Crippen LogP contribution in [0.5, 0.6) is 5.75 Å². The number of methoxy groups -OCH3 is 1. The van der Waals surface area contributed by atoms with Crippen molar-refractivity contribution < 1.29 is 19.0 Å². The molecular weight excluding hydrogens is 304 g/mol. The van der Waals surface area contributed by atoms with Crippen LogP contribution in [0.1, 0.15) is 69.8 Å². The molecule has 2 atom stereocenters. The molecule has 134 valence electrons. The van der Waals surface area contributed by atoms with Crippen molar-refractivity contribution in [3.8, 4) is 5.75 Å². The molecule has 4 nitrogen and oxygen atoms in total. The number of hydrogen-bond acceptors (Lipinski definition) is 4. The van der Waals surface area contributed by atoms with Gasteiger partial charge in [0.05, 0.1) is 0 Å². The lowest BCUT2D eigenvalue weighted by molar-refractivity contribution is -0.151. The summed E-state index contributed by atoms with van der Waals surface area (Å²) < 4.78 is 16.2. The van der Waals surface area contributed by atoms with E-state index in [1.807, 2.05) is 12.1 Å². The zero-order chi connectivity index (χ0) is 17.2. The van der Waals surface area contributed by atoms with E-state index in [1.165, 1.54) is 12.0 Å². The Balaban J connectivity index is 1.94. The minimum Gasteiger partial charge on any atom is -0.468 e. The fraction of sp³-hybridized carbons (Fsp3) is 0.650. The first kappa shape index (κ1) is 18.8. The van der Waals surface area contributed by atoms with Crippen LogP contribution in [0.3, 0.4) is 0 Å². The monoisotopic (exact) mass is 334 g/mol. The molecule has 1 fully saturated rings. The lowest BCUT2D eigenvalue weighted by Gasteiger charge is -2.31. The Morgan fingerprint density at radius 1 is 1.12 bits per heavy atom. The lowest BCUT2D eigenvalue weighted by Crippen LogP contribution is -2.28. The number of unbranched alkanes of at least 4 members (excludes halogenated alkanes) is 2. The molecule has 1 aromatic rings. The second-order valence-electron chi connectivity index (χ2n) is 6.50. The fourth-order valence-electron chi connectivity index (χ4n) is 3.30. The van der Waals surface area contributed by atoms with Crippen molar-refractivity contribution in [1.82, 2.24) is 0 Å². The van der Waals surface area contributed by atoms with E-state index in [2.05, 4.69) is 19.1 Å². The van der Waals surface area contributed by atoms with Gasteiger partial charge in [-0.05, 0) is 43.4 Å². The van der Waals surface area contributed by atoms with Gasteiger partial charge in [0.2, 0.25) is 0 Å². The first-order chi connectivity index (χ1) is 11.7. The van der Waals surface area contributed by atoms with Crippen LogP contribution in [0.4, 0.5) is 0 Å². The summed E-state index contributed by atoms with van der Waals surface area (Å²) in [5, 5.41) is 0. The fourth-order valence-corrected chi connectivity index (χ4v) is 3.30. The third-order valence-corrected chi connectivity index (χ3v) is 4.62. The van der Waals surface area contributed by atoms with Gasteiger partial charge in [0.1, 0.15) is 11.9 Å². The molecule has 0 aromatic heterocycles. The third-order valence-electron chi connectivity index (χ3n) is 4.62. The average Bonchev–Trinajstić information content (AvgIpc) is 2.61. The highest BCUT2D eigenvalue weighted by atomic mass is 16.7. The molecule has 1 aromatic carbocycles. The smallest absolute Gasteiger partial charge is 0.306 e. The van der Waals surface area contributed by atoms with E-state index in [1.54, 1.807) is 7.11 Å². The summed E-state index contributed by atoms with van der Waals surface area (Å²) in [6, 6.07) is 8.09. The molecule has 24 heavy (non-hydrogen) atoms. The predicted molar refractivity (Wildman–Crippen MR) is 94.2 cm³/mol. The largest absolute Gasteiger partial charge is 0.468 e. The molecule has 0 heterocycles. The summed E-state index contributed by atoms with van der Waals surface area (Å²) in [7, 11) is 1.61. The Morgan fingerprint density at radius 2 is 1.88 bits per heavy atom. The molecule has 0 bridgehead atoms. The van der Waals surface area contributed by atoms with Gasteiger partial charge in [0.25, 0.3) is 0 Å². The lowest BCUT2D eigenvalue weighted by atomic mass is 9.81. The van der Waals surface area contributed by atoms with Crippen LogP contribution in [0, 0.1) is 0 Å². The van der Waals surface area contributed by atoms with E-state index in [0.29, 0.717) is 12.3 Å². The zero-order valence-electron chi connectivity index (χ0n) is 15.0. The van der Waals surface area contributed by atoms with Gasteiger partial charge in [-0.2, -0.15) is 0 Å². The molecule has 2 rings (SSSR count). The molecule has 0 N–H and O–H groups in total. The Morgan fingerprint density at radius 3 is 2.58 bits per heavy atom. The summed E-state index contributed by atoms with van der Waals surface area (Å²) in [6.45, 7) is 2.39. The Labute approximate surface area is 145 Å². The molecular formula is C20H30O4. The number of esters is 1. The maximum atomic E-state index is 12.1. The highest BCUT2D eigenvalue weighted by molar-refractivity contribution is 5.69. The normalized spacial score (nSPS) is 20.6. The number of hydrogen-bond donors (Lipinski definition) is 0. The van der Waals surface area contributed by atoms with Crippen LogP contribution >= 0.6 is 0 Å². The van der Waals surface area contributed by atoms with Crippen LogP contribution in [-0.4, -0.2) is 26.0 Å². The van der Waals surface area contributed by atoms with Crippen molar-refractivity contribution in [1.29, 1.82) is 0 Å². The van der Waals surface area contributed by atoms with Gasteiger partial charge in [-0.25, -0.2) is 0 Å². The van der Waals surface area contributed by atoms with Gasteiger partial charge in [0.15, 0.2) is 6.79 Å². The van der Waals surface area contributed by atoms with Gasteiger partial charge >= 0.3 is 5.97 Å². The summed E-state index contributed by atoms with van der Waals surface area (Å²) in [5.41, 5.74) is 1.23. The molecule has 0 radical (unpaired) electrons. The second-order valence-corrected chi connectivity index (χ2v) is 6.50. The van der Waals surface area contributed by atoms with Crippen LogP contribution in [0.15, 0.2) is 24.3 Å². The number of rotatable bonds is 9. The average molecular weight is 334 g/mol. The number of carbonyl (C=O) groups excluding carboxylic acids is 1. The quantitative estimate of drug-likeness (QED) is 0.369. The SMILES string of the molecule is CCCCCC(=O)OC1CCCCC1c1ccc(OCOC)cc1. The Hall–Kier alpha value is -1.55. The van der Waals surface area contributed by atoms with Crippen molar-refractivity contribution in [2.45, 2.75) is 70.3 Å². The molecule has 0 saturated heterocycles. The van der Waals surface area contributed by atoms with Crippen LogP contribution < -0.4 is 4.74 Å². The highest BCUT2D eigenvalue weighted by Crippen LogP contribution is 2.36. The van der Waals surface area contributed by atoms with Gasteiger partial charge in [-0.15, -0.1) is 0 Å². The first-order valence-electron chi connectivity index (χ1n) is 9.15. The first-order valence-corrected chi connectivity index (χ1v) is 9.15. The van der Waals surface area contributed by atoms with Crippen LogP contribution in [0.25, 0.3) is 0 Å².